The summed E-state index contributed by atoms with van der Waals surface area (Å²) in [4.78, 5) is 24.6. The topological polar surface area (TPSA) is 83.6 Å². The van der Waals surface area contributed by atoms with Crippen molar-refractivity contribution < 1.29 is 14.7 Å². The fourth-order valence-corrected chi connectivity index (χ4v) is 2.51. The number of hydrogen-bond acceptors (Lipinski definition) is 3. The minimum atomic E-state index is -0.959. The summed E-state index contributed by atoms with van der Waals surface area (Å²) in [6.07, 6.45) is 0.355. The van der Waals surface area contributed by atoms with E-state index in [2.05, 4.69) is 0 Å². The van der Waals surface area contributed by atoms with Crippen LogP contribution >= 0.6 is 0 Å². The molecule has 3 N–H and O–H groups in total. The summed E-state index contributed by atoms with van der Waals surface area (Å²) in [6, 6.07) is 12.0. The molecule has 2 aromatic rings. The Morgan fingerprint density at radius 3 is 2.57 bits per heavy atom. The lowest BCUT2D eigenvalue weighted by Gasteiger charge is -2.17. The zero-order chi connectivity index (χ0) is 15.0. The first kappa shape index (κ1) is 13.2. The summed E-state index contributed by atoms with van der Waals surface area (Å²) in [6.45, 7) is 0.426. The van der Waals surface area contributed by atoms with Gasteiger partial charge in [-0.15, -0.1) is 0 Å². The van der Waals surface area contributed by atoms with Crippen molar-refractivity contribution >= 4 is 23.3 Å². The van der Waals surface area contributed by atoms with Crippen LogP contribution in [0, 0.1) is 0 Å². The third-order valence-electron chi connectivity index (χ3n) is 3.58. The highest BCUT2D eigenvalue weighted by molar-refractivity contribution is 6.01. The molecule has 0 bridgehead atoms. The average Bonchev–Trinajstić information content (AvgIpc) is 2.75. The minimum absolute atomic E-state index is 0.0258. The van der Waals surface area contributed by atoms with Crippen LogP contribution in [0.5, 0.6) is 0 Å². The number of nitrogens with zero attached hydrogens (tertiary/aromatic N) is 1. The van der Waals surface area contributed by atoms with Gasteiger partial charge in [0.2, 0.25) is 5.91 Å². The van der Waals surface area contributed by atoms with Crippen molar-refractivity contribution in [2.45, 2.75) is 13.0 Å². The van der Waals surface area contributed by atoms with Crippen molar-refractivity contribution in [2.75, 3.05) is 10.6 Å². The SMILES string of the molecule is Nc1ccc2c(c1)CC(=O)N2Cc1ccc(C(=O)O)cc1. The molecule has 106 valence electrons. The first-order valence-corrected chi connectivity index (χ1v) is 6.55. The van der Waals surface area contributed by atoms with Crippen LogP contribution in [-0.2, 0) is 17.8 Å². The van der Waals surface area contributed by atoms with Gasteiger partial charge in [0.25, 0.3) is 0 Å². The predicted molar refractivity (Wildman–Crippen MR) is 79.1 cm³/mol. The maximum atomic E-state index is 12.1. The Labute approximate surface area is 121 Å². The van der Waals surface area contributed by atoms with E-state index in [1.165, 1.54) is 0 Å². The Kier molecular flexibility index (Phi) is 3.10. The summed E-state index contributed by atoms with van der Waals surface area (Å²) >= 11 is 0. The zero-order valence-corrected chi connectivity index (χ0v) is 11.2. The molecule has 0 saturated carbocycles. The summed E-state index contributed by atoms with van der Waals surface area (Å²) in [5.41, 5.74) is 9.31. The summed E-state index contributed by atoms with van der Waals surface area (Å²) < 4.78 is 0. The Bertz CT molecular complexity index is 723. The second kappa shape index (κ2) is 4.94. The third kappa shape index (κ3) is 2.45. The van der Waals surface area contributed by atoms with Gasteiger partial charge in [-0.1, -0.05) is 12.1 Å². The summed E-state index contributed by atoms with van der Waals surface area (Å²) in [5.74, 6) is -0.933. The molecule has 0 saturated heterocycles. The van der Waals surface area contributed by atoms with E-state index < -0.39 is 5.97 Å². The maximum absolute atomic E-state index is 12.1. The van der Waals surface area contributed by atoms with Gasteiger partial charge in [-0.3, -0.25) is 4.79 Å². The van der Waals surface area contributed by atoms with E-state index in [4.69, 9.17) is 10.8 Å². The summed E-state index contributed by atoms with van der Waals surface area (Å²) in [7, 11) is 0. The van der Waals surface area contributed by atoms with Crippen molar-refractivity contribution in [3.8, 4) is 0 Å². The van der Waals surface area contributed by atoms with E-state index in [1.807, 2.05) is 12.1 Å². The van der Waals surface area contributed by atoms with E-state index in [-0.39, 0.29) is 11.5 Å². The average molecular weight is 282 g/mol. The molecule has 2 aromatic carbocycles. The van der Waals surface area contributed by atoms with Crippen LogP contribution in [0.15, 0.2) is 42.5 Å². The number of carbonyl (C=O) groups is 2. The van der Waals surface area contributed by atoms with Gasteiger partial charge in [-0.2, -0.15) is 0 Å². The van der Waals surface area contributed by atoms with Crippen LogP contribution < -0.4 is 10.6 Å². The van der Waals surface area contributed by atoms with Gasteiger partial charge in [-0.05, 0) is 41.5 Å². The molecule has 21 heavy (non-hydrogen) atoms. The van der Waals surface area contributed by atoms with E-state index in [1.54, 1.807) is 35.2 Å². The number of rotatable bonds is 3. The van der Waals surface area contributed by atoms with Crippen molar-refractivity contribution in [1.82, 2.24) is 0 Å². The third-order valence-corrected chi connectivity index (χ3v) is 3.58. The molecule has 0 unspecified atom stereocenters. The van der Waals surface area contributed by atoms with Gasteiger partial charge < -0.3 is 15.7 Å². The molecule has 1 aliphatic heterocycles. The number of carboxylic acid groups (broad SMARTS) is 1. The van der Waals surface area contributed by atoms with Gasteiger partial charge in [0.05, 0.1) is 18.5 Å². The number of nitrogen functional groups attached to an aromatic ring is 1. The highest BCUT2D eigenvalue weighted by Crippen LogP contribution is 2.31. The number of anilines is 2. The molecule has 0 atom stereocenters. The molecule has 0 radical (unpaired) electrons. The maximum Gasteiger partial charge on any atom is 0.335 e. The van der Waals surface area contributed by atoms with Crippen LogP contribution in [0.25, 0.3) is 0 Å². The van der Waals surface area contributed by atoms with Crippen LogP contribution in [0.2, 0.25) is 0 Å². The molecule has 3 rings (SSSR count). The minimum Gasteiger partial charge on any atom is -0.478 e. The molecule has 5 nitrogen and oxygen atoms in total. The zero-order valence-electron chi connectivity index (χ0n) is 11.2. The van der Waals surface area contributed by atoms with Crippen LogP contribution in [0.4, 0.5) is 11.4 Å². The smallest absolute Gasteiger partial charge is 0.335 e. The number of fused-ring (bicyclic) bond motifs is 1. The Morgan fingerprint density at radius 2 is 1.90 bits per heavy atom. The summed E-state index contributed by atoms with van der Waals surface area (Å²) in [5, 5.41) is 8.88. The van der Waals surface area contributed by atoms with Crippen LogP contribution in [0.1, 0.15) is 21.5 Å². The lowest BCUT2D eigenvalue weighted by atomic mass is 10.1. The van der Waals surface area contributed by atoms with Gasteiger partial charge in [0.15, 0.2) is 0 Å². The second-order valence-corrected chi connectivity index (χ2v) is 5.05. The molecule has 5 heteroatoms. The standard InChI is InChI=1S/C16H14N2O3/c17-13-5-6-14-12(7-13)8-15(19)18(14)9-10-1-3-11(4-2-10)16(20)21/h1-7H,8-9,17H2,(H,20,21). The van der Waals surface area contributed by atoms with E-state index in [0.29, 0.717) is 18.7 Å². The van der Waals surface area contributed by atoms with Gasteiger partial charge in [0, 0.05) is 11.4 Å². The molecular weight excluding hydrogens is 268 g/mol. The number of hydrogen-bond donors (Lipinski definition) is 2. The molecular formula is C16H14N2O3. The normalized spacial score (nSPS) is 13.3. The largest absolute Gasteiger partial charge is 0.478 e. The molecule has 1 aliphatic rings. The number of carboxylic acids is 1. The highest BCUT2D eigenvalue weighted by atomic mass is 16.4. The van der Waals surface area contributed by atoms with Crippen molar-refractivity contribution in [2.24, 2.45) is 0 Å². The van der Waals surface area contributed by atoms with E-state index in [0.717, 1.165) is 16.8 Å². The lowest BCUT2D eigenvalue weighted by molar-refractivity contribution is -0.117. The first-order valence-electron chi connectivity index (χ1n) is 6.55. The molecule has 0 fully saturated rings. The molecule has 0 spiro atoms. The quantitative estimate of drug-likeness (QED) is 0.844. The van der Waals surface area contributed by atoms with Crippen LogP contribution in [0.3, 0.4) is 0 Å². The predicted octanol–water partition coefficient (Wildman–Crippen LogP) is 2.06. The fourth-order valence-electron chi connectivity index (χ4n) is 2.51. The molecule has 1 heterocycles. The van der Waals surface area contributed by atoms with E-state index >= 15 is 0 Å². The number of carbonyl (C=O) groups excluding carboxylic acids is 1. The van der Waals surface area contributed by atoms with Gasteiger partial charge >= 0.3 is 5.97 Å². The number of nitrogens with two attached hydrogens (primary N) is 1. The highest BCUT2D eigenvalue weighted by Gasteiger charge is 2.27. The number of amides is 1. The van der Waals surface area contributed by atoms with Crippen molar-refractivity contribution in [3.63, 3.8) is 0 Å². The number of aromatic carboxylic acids is 1. The van der Waals surface area contributed by atoms with Gasteiger partial charge in [0.1, 0.15) is 0 Å². The lowest BCUT2D eigenvalue weighted by Crippen LogP contribution is -2.25. The first-order chi connectivity index (χ1) is 10.0. The van der Waals surface area contributed by atoms with Gasteiger partial charge in [-0.25, -0.2) is 4.79 Å². The monoisotopic (exact) mass is 282 g/mol. The number of benzene rings is 2. The molecule has 0 aliphatic carbocycles. The Balaban J connectivity index is 1.85. The van der Waals surface area contributed by atoms with E-state index in [9.17, 15) is 9.59 Å². The fraction of sp³-hybridized carbons (Fsp3) is 0.125. The molecule has 0 aromatic heterocycles. The van der Waals surface area contributed by atoms with Crippen molar-refractivity contribution in [3.05, 3.63) is 59.2 Å². The second-order valence-electron chi connectivity index (χ2n) is 5.05. The Morgan fingerprint density at radius 1 is 1.19 bits per heavy atom. The van der Waals surface area contributed by atoms with Crippen LogP contribution in [-0.4, -0.2) is 17.0 Å². The Hall–Kier alpha value is -2.82. The molecule has 1 amide bonds. The van der Waals surface area contributed by atoms with Crippen molar-refractivity contribution in [1.29, 1.82) is 0 Å².